The fraction of sp³-hybridized carbons (Fsp3) is 0.571. The van der Waals surface area contributed by atoms with Crippen molar-refractivity contribution in [3.63, 3.8) is 0 Å². The first-order valence-corrected chi connectivity index (χ1v) is 6.21. The summed E-state index contributed by atoms with van der Waals surface area (Å²) < 4.78 is 11.6. The van der Waals surface area contributed by atoms with E-state index in [4.69, 9.17) is 14.6 Å². The van der Waals surface area contributed by atoms with Gasteiger partial charge in [-0.25, -0.2) is 0 Å². The summed E-state index contributed by atoms with van der Waals surface area (Å²) >= 11 is 0. The van der Waals surface area contributed by atoms with Crippen molar-refractivity contribution >= 4 is 0 Å². The summed E-state index contributed by atoms with van der Waals surface area (Å²) in [4.78, 5) is 0. The highest BCUT2D eigenvalue weighted by Gasteiger charge is 2.33. The van der Waals surface area contributed by atoms with Gasteiger partial charge in [0.25, 0.3) is 0 Å². The molecular formula is C14H20O3. The van der Waals surface area contributed by atoms with Gasteiger partial charge >= 0.3 is 0 Å². The van der Waals surface area contributed by atoms with Crippen LogP contribution in [0.4, 0.5) is 0 Å². The molecule has 1 aromatic carbocycles. The fourth-order valence-corrected chi connectivity index (χ4v) is 2.25. The molecular weight excluding hydrogens is 216 g/mol. The van der Waals surface area contributed by atoms with E-state index in [9.17, 15) is 0 Å². The van der Waals surface area contributed by atoms with E-state index in [0.717, 1.165) is 6.42 Å². The quantitative estimate of drug-likeness (QED) is 0.851. The van der Waals surface area contributed by atoms with Crippen molar-refractivity contribution in [2.24, 2.45) is 0 Å². The second-order valence-corrected chi connectivity index (χ2v) is 4.57. The summed E-state index contributed by atoms with van der Waals surface area (Å²) in [6, 6.07) is 10.1. The summed E-state index contributed by atoms with van der Waals surface area (Å²) in [5, 5.41) is 8.98. The Morgan fingerprint density at radius 1 is 1.35 bits per heavy atom. The Morgan fingerprint density at radius 3 is 2.82 bits per heavy atom. The van der Waals surface area contributed by atoms with Gasteiger partial charge in [-0.1, -0.05) is 30.3 Å². The largest absolute Gasteiger partial charge is 0.396 e. The highest BCUT2D eigenvalue weighted by Crippen LogP contribution is 2.25. The highest BCUT2D eigenvalue weighted by molar-refractivity contribution is 5.13. The molecule has 0 aromatic heterocycles. The molecule has 1 saturated heterocycles. The molecule has 3 heteroatoms. The Kier molecular flexibility index (Phi) is 4.54. The molecule has 0 bridgehead atoms. The van der Waals surface area contributed by atoms with E-state index in [1.807, 2.05) is 18.2 Å². The van der Waals surface area contributed by atoms with Crippen LogP contribution in [0.3, 0.4) is 0 Å². The molecule has 1 N–H and O–H groups in total. The molecule has 1 fully saturated rings. The minimum Gasteiger partial charge on any atom is -0.396 e. The molecule has 3 nitrogen and oxygen atoms in total. The van der Waals surface area contributed by atoms with Crippen LogP contribution in [-0.2, 0) is 16.1 Å². The van der Waals surface area contributed by atoms with Gasteiger partial charge in [0.05, 0.1) is 24.9 Å². The Bertz CT molecular complexity index is 325. The lowest BCUT2D eigenvalue weighted by atomic mass is 10.1. The lowest BCUT2D eigenvalue weighted by Crippen LogP contribution is -2.25. The summed E-state index contributed by atoms with van der Waals surface area (Å²) in [6.07, 6.45) is 1.95. The lowest BCUT2D eigenvalue weighted by molar-refractivity contribution is -0.0356. The van der Waals surface area contributed by atoms with Gasteiger partial charge in [0, 0.05) is 13.0 Å². The average molecular weight is 236 g/mol. The first-order chi connectivity index (χ1) is 8.29. The second-order valence-electron chi connectivity index (χ2n) is 4.57. The van der Waals surface area contributed by atoms with E-state index in [0.29, 0.717) is 13.0 Å². The molecule has 0 saturated carbocycles. The predicted octanol–water partition coefficient (Wildman–Crippen LogP) is 2.13. The third-order valence-electron chi connectivity index (χ3n) is 3.11. The maximum atomic E-state index is 8.98. The van der Waals surface area contributed by atoms with Crippen molar-refractivity contribution in [2.45, 2.75) is 44.7 Å². The molecule has 1 aromatic rings. The summed E-state index contributed by atoms with van der Waals surface area (Å²) in [5.74, 6) is 0. The number of aliphatic hydroxyl groups excluding tert-OH is 1. The van der Waals surface area contributed by atoms with Crippen LogP contribution in [0.25, 0.3) is 0 Å². The van der Waals surface area contributed by atoms with E-state index < -0.39 is 0 Å². The van der Waals surface area contributed by atoms with Crippen LogP contribution in [0.15, 0.2) is 30.3 Å². The normalized spacial score (nSPS) is 28.5. The number of benzene rings is 1. The van der Waals surface area contributed by atoms with Gasteiger partial charge in [0.1, 0.15) is 0 Å². The zero-order valence-electron chi connectivity index (χ0n) is 10.2. The SMILES string of the molecule is C[C@H]1C[C@H](OCc2ccccc2)[C@@H](CCO)O1. The van der Waals surface area contributed by atoms with Gasteiger partial charge in [0.2, 0.25) is 0 Å². The minimum absolute atomic E-state index is 0.0405. The van der Waals surface area contributed by atoms with Crippen LogP contribution in [0.2, 0.25) is 0 Å². The number of rotatable bonds is 5. The third kappa shape index (κ3) is 3.53. The first kappa shape index (κ1) is 12.6. The Morgan fingerprint density at radius 2 is 2.12 bits per heavy atom. The van der Waals surface area contributed by atoms with E-state index in [-0.39, 0.29) is 24.9 Å². The van der Waals surface area contributed by atoms with E-state index in [1.54, 1.807) is 0 Å². The van der Waals surface area contributed by atoms with Crippen LogP contribution in [0, 0.1) is 0 Å². The standard InChI is InChI=1S/C14H20O3/c1-11-9-14(13(17-11)7-8-15)16-10-12-5-3-2-4-6-12/h2-6,11,13-15H,7-10H2,1H3/t11-,13+,14-/m0/s1. The van der Waals surface area contributed by atoms with Crippen LogP contribution in [-0.4, -0.2) is 30.0 Å². The van der Waals surface area contributed by atoms with Crippen molar-refractivity contribution < 1.29 is 14.6 Å². The van der Waals surface area contributed by atoms with Crippen molar-refractivity contribution in [1.82, 2.24) is 0 Å². The number of hydrogen-bond donors (Lipinski definition) is 1. The predicted molar refractivity (Wildman–Crippen MR) is 65.7 cm³/mol. The lowest BCUT2D eigenvalue weighted by Gasteiger charge is -2.18. The van der Waals surface area contributed by atoms with Gasteiger partial charge in [-0.05, 0) is 18.9 Å². The Balaban J connectivity index is 1.85. The molecule has 2 rings (SSSR count). The number of hydrogen-bond acceptors (Lipinski definition) is 3. The minimum atomic E-state index is 0.0405. The molecule has 94 valence electrons. The van der Waals surface area contributed by atoms with Crippen molar-refractivity contribution in [1.29, 1.82) is 0 Å². The molecule has 1 aliphatic rings. The van der Waals surface area contributed by atoms with E-state index in [1.165, 1.54) is 5.56 Å². The summed E-state index contributed by atoms with van der Waals surface area (Å²) in [6.45, 7) is 2.82. The Hall–Kier alpha value is -0.900. The number of aliphatic hydroxyl groups is 1. The molecule has 1 heterocycles. The van der Waals surface area contributed by atoms with Crippen molar-refractivity contribution in [3.8, 4) is 0 Å². The van der Waals surface area contributed by atoms with Crippen LogP contribution >= 0.6 is 0 Å². The van der Waals surface area contributed by atoms with Crippen LogP contribution < -0.4 is 0 Å². The molecule has 0 unspecified atom stereocenters. The van der Waals surface area contributed by atoms with Crippen molar-refractivity contribution in [3.05, 3.63) is 35.9 Å². The van der Waals surface area contributed by atoms with E-state index in [2.05, 4.69) is 19.1 Å². The number of ether oxygens (including phenoxy) is 2. The van der Waals surface area contributed by atoms with Gasteiger partial charge in [-0.15, -0.1) is 0 Å². The molecule has 0 aliphatic carbocycles. The average Bonchev–Trinajstić information content (AvgIpc) is 2.69. The van der Waals surface area contributed by atoms with Crippen LogP contribution in [0.5, 0.6) is 0 Å². The smallest absolute Gasteiger partial charge is 0.0866 e. The molecule has 0 amide bonds. The third-order valence-corrected chi connectivity index (χ3v) is 3.11. The first-order valence-electron chi connectivity index (χ1n) is 6.21. The molecule has 0 spiro atoms. The maximum absolute atomic E-state index is 8.98. The fourth-order valence-electron chi connectivity index (χ4n) is 2.25. The zero-order chi connectivity index (χ0) is 12.1. The summed E-state index contributed by atoms with van der Waals surface area (Å²) in [5.41, 5.74) is 1.18. The highest BCUT2D eigenvalue weighted by atomic mass is 16.6. The summed E-state index contributed by atoms with van der Waals surface area (Å²) in [7, 11) is 0. The Labute approximate surface area is 102 Å². The van der Waals surface area contributed by atoms with Gasteiger partial charge in [-0.3, -0.25) is 0 Å². The zero-order valence-corrected chi connectivity index (χ0v) is 10.2. The van der Waals surface area contributed by atoms with E-state index >= 15 is 0 Å². The maximum Gasteiger partial charge on any atom is 0.0866 e. The van der Waals surface area contributed by atoms with Gasteiger partial charge in [-0.2, -0.15) is 0 Å². The van der Waals surface area contributed by atoms with Crippen molar-refractivity contribution in [2.75, 3.05) is 6.61 Å². The molecule has 17 heavy (non-hydrogen) atoms. The van der Waals surface area contributed by atoms with Gasteiger partial charge in [0.15, 0.2) is 0 Å². The molecule has 1 aliphatic heterocycles. The monoisotopic (exact) mass is 236 g/mol. The molecule has 0 radical (unpaired) electrons. The second kappa shape index (κ2) is 6.15. The molecule has 3 atom stereocenters. The topological polar surface area (TPSA) is 38.7 Å². The van der Waals surface area contributed by atoms with Crippen LogP contribution in [0.1, 0.15) is 25.3 Å². The van der Waals surface area contributed by atoms with Gasteiger partial charge < -0.3 is 14.6 Å².